The van der Waals surface area contributed by atoms with Crippen molar-refractivity contribution < 1.29 is 22.0 Å². The van der Waals surface area contributed by atoms with E-state index >= 15 is 0 Å². The molecule has 0 fully saturated rings. The van der Waals surface area contributed by atoms with Gasteiger partial charge >= 0.3 is 0 Å². The van der Waals surface area contributed by atoms with Crippen LogP contribution in [0.2, 0.25) is 5.02 Å². The Labute approximate surface area is 184 Å². The number of benzene rings is 3. The fourth-order valence-corrected chi connectivity index (χ4v) is 4.44. The summed E-state index contributed by atoms with van der Waals surface area (Å²) in [6, 6.07) is 15.5. The number of carbonyl (C=O) groups is 1. The Balaban J connectivity index is 1.94. The van der Waals surface area contributed by atoms with Crippen LogP contribution in [-0.4, -0.2) is 25.2 Å². The van der Waals surface area contributed by atoms with Crippen LogP contribution in [0.1, 0.15) is 11.1 Å². The molecule has 0 atom stereocenters. The molecule has 31 heavy (non-hydrogen) atoms. The molecule has 0 saturated carbocycles. The second-order valence-electron chi connectivity index (χ2n) is 6.81. The van der Waals surface area contributed by atoms with Crippen molar-refractivity contribution in [2.75, 3.05) is 11.9 Å². The van der Waals surface area contributed by atoms with Crippen LogP contribution in [0, 0.1) is 18.6 Å². The highest BCUT2D eigenvalue weighted by Gasteiger charge is 2.28. The number of sulfonamides is 1. The van der Waals surface area contributed by atoms with Crippen LogP contribution in [-0.2, 0) is 21.4 Å². The maximum absolute atomic E-state index is 14.3. The first kappa shape index (κ1) is 22.9. The number of hydrogen-bond acceptors (Lipinski definition) is 3. The predicted octanol–water partition coefficient (Wildman–Crippen LogP) is 4.76. The zero-order chi connectivity index (χ0) is 22.6. The van der Waals surface area contributed by atoms with Crippen molar-refractivity contribution in [3.8, 4) is 0 Å². The van der Waals surface area contributed by atoms with Gasteiger partial charge in [-0.1, -0.05) is 47.5 Å². The molecule has 0 saturated heterocycles. The third kappa shape index (κ3) is 5.46. The standard InChI is InChI=1S/C22H19ClF2N2O3S/c1-15-9-11-16(12-10-15)31(29,30)27(13-17-18(23)5-4-7-19(17)24)14-22(28)26-21-8-3-2-6-20(21)25/h2-12H,13-14H2,1H3,(H,26,28). The van der Waals surface area contributed by atoms with Gasteiger partial charge in [0.25, 0.3) is 0 Å². The topological polar surface area (TPSA) is 66.5 Å². The summed E-state index contributed by atoms with van der Waals surface area (Å²) in [5.74, 6) is -2.15. The molecule has 0 radical (unpaired) electrons. The molecule has 3 aromatic rings. The van der Waals surface area contributed by atoms with Crippen LogP contribution < -0.4 is 5.32 Å². The number of halogens is 3. The molecule has 0 bridgehead atoms. The quantitative estimate of drug-likeness (QED) is 0.548. The van der Waals surface area contributed by atoms with E-state index in [1.54, 1.807) is 19.1 Å². The second kappa shape index (κ2) is 9.55. The lowest BCUT2D eigenvalue weighted by molar-refractivity contribution is -0.116. The lowest BCUT2D eigenvalue weighted by Gasteiger charge is -2.23. The minimum Gasteiger partial charge on any atom is -0.322 e. The molecule has 0 spiro atoms. The van der Waals surface area contributed by atoms with Gasteiger partial charge in [0.15, 0.2) is 0 Å². The molecule has 3 aromatic carbocycles. The average Bonchev–Trinajstić information content (AvgIpc) is 2.72. The summed E-state index contributed by atoms with van der Waals surface area (Å²) >= 11 is 6.07. The number of nitrogens with one attached hydrogen (secondary N) is 1. The van der Waals surface area contributed by atoms with Crippen LogP contribution in [0.25, 0.3) is 0 Å². The summed E-state index contributed by atoms with van der Waals surface area (Å²) in [6.45, 7) is 0.650. The van der Waals surface area contributed by atoms with Gasteiger partial charge in [0.05, 0.1) is 17.1 Å². The number of aryl methyl sites for hydroxylation is 1. The minimum atomic E-state index is -4.19. The number of hydrogen-bond donors (Lipinski definition) is 1. The molecule has 0 aliphatic carbocycles. The van der Waals surface area contributed by atoms with Crippen molar-refractivity contribution in [1.29, 1.82) is 0 Å². The number of amides is 1. The zero-order valence-electron chi connectivity index (χ0n) is 16.5. The van der Waals surface area contributed by atoms with Gasteiger partial charge in [-0.05, 0) is 43.3 Å². The second-order valence-corrected chi connectivity index (χ2v) is 9.16. The Morgan fingerprint density at radius 3 is 2.26 bits per heavy atom. The van der Waals surface area contributed by atoms with Crippen molar-refractivity contribution in [3.63, 3.8) is 0 Å². The van der Waals surface area contributed by atoms with Crippen LogP contribution in [0.15, 0.2) is 71.6 Å². The molecule has 162 valence electrons. The highest BCUT2D eigenvalue weighted by Crippen LogP contribution is 2.25. The molecule has 0 aliphatic rings. The van der Waals surface area contributed by atoms with Gasteiger partial charge in [-0.2, -0.15) is 4.31 Å². The summed E-state index contributed by atoms with van der Waals surface area (Å²) in [5.41, 5.74) is 0.683. The summed E-state index contributed by atoms with van der Waals surface area (Å²) in [7, 11) is -4.19. The molecule has 1 N–H and O–H groups in total. The molecule has 5 nitrogen and oxygen atoms in total. The fourth-order valence-electron chi connectivity index (χ4n) is 2.86. The molecule has 0 aromatic heterocycles. The first-order valence-corrected chi connectivity index (χ1v) is 11.0. The normalized spacial score (nSPS) is 11.5. The van der Waals surface area contributed by atoms with E-state index in [4.69, 9.17) is 11.6 Å². The SMILES string of the molecule is Cc1ccc(S(=O)(=O)N(CC(=O)Nc2ccccc2F)Cc2c(F)cccc2Cl)cc1. The van der Waals surface area contributed by atoms with Gasteiger partial charge in [-0.25, -0.2) is 17.2 Å². The molecular weight excluding hydrogens is 446 g/mol. The van der Waals surface area contributed by atoms with Gasteiger partial charge in [0.1, 0.15) is 11.6 Å². The molecular formula is C22H19ClF2N2O3S. The van der Waals surface area contributed by atoms with Crippen molar-refractivity contribution in [3.05, 3.63) is 94.5 Å². The van der Waals surface area contributed by atoms with Crippen molar-refractivity contribution in [2.24, 2.45) is 0 Å². The lowest BCUT2D eigenvalue weighted by atomic mass is 10.2. The number of nitrogens with zero attached hydrogens (tertiary/aromatic N) is 1. The molecule has 3 rings (SSSR count). The molecule has 1 amide bonds. The first-order chi connectivity index (χ1) is 14.7. The van der Waals surface area contributed by atoms with Crippen molar-refractivity contribution >= 4 is 33.2 Å². The summed E-state index contributed by atoms with van der Waals surface area (Å²) in [6.07, 6.45) is 0. The maximum atomic E-state index is 14.3. The third-order valence-corrected chi connectivity index (χ3v) is 6.68. The number of anilines is 1. The Kier molecular flexibility index (Phi) is 7.04. The van der Waals surface area contributed by atoms with Crippen LogP contribution in [0.4, 0.5) is 14.5 Å². The van der Waals surface area contributed by atoms with Gasteiger partial charge in [-0.3, -0.25) is 4.79 Å². The number of carbonyl (C=O) groups excluding carboxylic acids is 1. The van der Waals surface area contributed by atoms with E-state index in [0.717, 1.165) is 22.0 Å². The van der Waals surface area contributed by atoms with E-state index in [9.17, 15) is 22.0 Å². The molecule has 0 heterocycles. The smallest absolute Gasteiger partial charge is 0.243 e. The number of para-hydroxylation sites is 1. The average molecular weight is 465 g/mol. The van der Waals surface area contributed by atoms with Crippen LogP contribution in [0.3, 0.4) is 0 Å². The highest BCUT2D eigenvalue weighted by molar-refractivity contribution is 7.89. The molecule has 0 aliphatic heterocycles. The van der Waals surface area contributed by atoms with E-state index in [1.165, 1.54) is 42.5 Å². The summed E-state index contributed by atoms with van der Waals surface area (Å²) < 4.78 is 55.5. The summed E-state index contributed by atoms with van der Waals surface area (Å²) in [5, 5.41) is 2.37. The van der Waals surface area contributed by atoms with Crippen molar-refractivity contribution in [2.45, 2.75) is 18.4 Å². The Morgan fingerprint density at radius 2 is 1.61 bits per heavy atom. The zero-order valence-corrected chi connectivity index (χ0v) is 18.1. The minimum absolute atomic E-state index is 0.0265. The van der Waals surface area contributed by atoms with E-state index in [1.807, 2.05) is 0 Å². The maximum Gasteiger partial charge on any atom is 0.243 e. The monoisotopic (exact) mass is 464 g/mol. The highest BCUT2D eigenvalue weighted by atomic mass is 35.5. The Bertz CT molecular complexity index is 1180. The van der Waals surface area contributed by atoms with Crippen LogP contribution >= 0.6 is 11.6 Å². The van der Waals surface area contributed by atoms with Gasteiger partial charge in [-0.15, -0.1) is 0 Å². The molecule has 9 heteroatoms. The predicted molar refractivity (Wildman–Crippen MR) is 115 cm³/mol. The van der Waals surface area contributed by atoms with Gasteiger partial charge in [0.2, 0.25) is 15.9 Å². The lowest BCUT2D eigenvalue weighted by Crippen LogP contribution is -2.38. The Hall–Kier alpha value is -2.81. The largest absolute Gasteiger partial charge is 0.322 e. The summed E-state index contributed by atoms with van der Waals surface area (Å²) in [4.78, 5) is 12.5. The fraction of sp³-hybridized carbons (Fsp3) is 0.136. The van der Waals surface area contributed by atoms with Crippen molar-refractivity contribution in [1.82, 2.24) is 4.31 Å². The van der Waals surface area contributed by atoms with Crippen LogP contribution in [0.5, 0.6) is 0 Å². The van der Waals surface area contributed by atoms with E-state index in [2.05, 4.69) is 5.32 Å². The van der Waals surface area contributed by atoms with Gasteiger partial charge < -0.3 is 5.32 Å². The Morgan fingerprint density at radius 1 is 0.968 bits per heavy atom. The molecule has 0 unspecified atom stereocenters. The first-order valence-electron chi connectivity index (χ1n) is 9.22. The van der Waals surface area contributed by atoms with E-state index < -0.39 is 40.7 Å². The van der Waals surface area contributed by atoms with Gasteiger partial charge in [0, 0.05) is 17.1 Å². The number of rotatable bonds is 7. The van der Waals surface area contributed by atoms with E-state index in [0.29, 0.717) is 0 Å². The third-order valence-electron chi connectivity index (χ3n) is 4.52. The van der Waals surface area contributed by atoms with E-state index in [-0.39, 0.29) is 21.2 Å².